The van der Waals surface area contributed by atoms with Gasteiger partial charge in [0.1, 0.15) is 18.2 Å². The highest BCUT2D eigenvalue weighted by Gasteiger charge is 2.06. The maximum absolute atomic E-state index is 13.5. The molecule has 0 saturated carbocycles. The molecule has 0 spiro atoms. The Kier molecular flexibility index (Phi) is 6.76. The van der Waals surface area contributed by atoms with Gasteiger partial charge >= 0.3 is 6.09 Å². The molecule has 124 valence electrons. The minimum absolute atomic E-state index is 0.0862. The summed E-state index contributed by atoms with van der Waals surface area (Å²) < 4.78 is 31.8. The van der Waals surface area contributed by atoms with E-state index in [9.17, 15) is 13.6 Å². The van der Waals surface area contributed by atoms with E-state index in [2.05, 4.69) is 33.1 Å². The summed E-state index contributed by atoms with van der Waals surface area (Å²) in [5.41, 5.74) is 0.979. The number of benzene rings is 2. The van der Waals surface area contributed by atoms with Gasteiger partial charge in [0.05, 0.1) is 5.56 Å². The van der Waals surface area contributed by atoms with Gasteiger partial charge in [-0.3, -0.25) is 0 Å². The first-order valence-electron chi connectivity index (χ1n) is 7.14. The molecule has 0 saturated heterocycles. The Balaban J connectivity index is 1.74. The fourth-order valence-corrected chi connectivity index (χ4v) is 2.32. The molecule has 0 aliphatic carbocycles. The van der Waals surface area contributed by atoms with Crippen LogP contribution in [0.4, 0.5) is 13.6 Å². The molecule has 0 unspecified atom stereocenters. The highest BCUT2D eigenvalue weighted by atomic mass is 79.9. The SMILES string of the molecule is O=C(NCCC#Cc1c(F)cc(F)cc1Br)OCc1ccccc1. The fraction of sp³-hybridized carbons (Fsp3) is 0.167. The van der Waals surface area contributed by atoms with Crippen LogP contribution in [0.5, 0.6) is 0 Å². The zero-order chi connectivity index (χ0) is 17.4. The van der Waals surface area contributed by atoms with Crippen LogP contribution in [0.15, 0.2) is 46.9 Å². The van der Waals surface area contributed by atoms with Crippen molar-refractivity contribution in [1.82, 2.24) is 5.32 Å². The van der Waals surface area contributed by atoms with E-state index in [0.29, 0.717) is 6.42 Å². The van der Waals surface area contributed by atoms with Gasteiger partial charge in [-0.1, -0.05) is 42.2 Å². The Morgan fingerprint density at radius 2 is 1.96 bits per heavy atom. The first-order chi connectivity index (χ1) is 11.6. The molecule has 0 radical (unpaired) electrons. The average Bonchev–Trinajstić information content (AvgIpc) is 2.55. The normalized spacial score (nSPS) is 9.79. The Labute approximate surface area is 147 Å². The van der Waals surface area contributed by atoms with Gasteiger partial charge in [-0.25, -0.2) is 13.6 Å². The second-order valence-electron chi connectivity index (χ2n) is 4.78. The molecule has 24 heavy (non-hydrogen) atoms. The first kappa shape index (κ1) is 18.0. The van der Waals surface area contributed by atoms with Gasteiger partial charge in [0.15, 0.2) is 0 Å². The molecule has 1 amide bonds. The lowest BCUT2D eigenvalue weighted by molar-refractivity contribution is 0.140. The number of carbonyl (C=O) groups excluding carboxylic acids is 1. The molecule has 0 aliphatic heterocycles. The van der Waals surface area contributed by atoms with Crippen LogP contribution >= 0.6 is 15.9 Å². The van der Waals surface area contributed by atoms with Gasteiger partial charge in [-0.15, -0.1) is 0 Å². The fourth-order valence-electron chi connectivity index (χ4n) is 1.81. The molecule has 2 aromatic rings. The van der Waals surface area contributed by atoms with Gasteiger partial charge in [-0.05, 0) is 27.6 Å². The molecule has 0 heterocycles. The summed E-state index contributed by atoms with van der Waals surface area (Å²) >= 11 is 3.06. The Morgan fingerprint density at radius 3 is 2.67 bits per heavy atom. The topological polar surface area (TPSA) is 38.3 Å². The van der Waals surface area contributed by atoms with Gasteiger partial charge in [0.25, 0.3) is 0 Å². The minimum Gasteiger partial charge on any atom is -0.445 e. The summed E-state index contributed by atoms with van der Waals surface area (Å²) in [7, 11) is 0. The second kappa shape index (κ2) is 9.04. The predicted octanol–water partition coefficient (Wildman–Crippen LogP) is 4.40. The third-order valence-corrected chi connectivity index (χ3v) is 3.58. The van der Waals surface area contributed by atoms with E-state index < -0.39 is 17.7 Å². The van der Waals surface area contributed by atoms with Crippen molar-refractivity contribution in [2.75, 3.05) is 6.54 Å². The molecular formula is C18H14BrF2NO2. The number of hydrogen-bond donors (Lipinski definition) is 1. The van der Waals surface area contributed by atoms with Gasteiger partial charge in [-0.2, -0.15) is 0 Å². The summed E-state index contributed by atoms with van der Waals surface area (Å²) in [6.07, 6.45) is -0.237. The first-order valence-corrected chi connectivity index (χ1v) is 7.93. The molecule has 2 aromatic carbocycles. The molecule has 2 rings (SSSR count). The standard InChI is InChI=1S/C18H14BrF2NO2/c19-16-10-14(20)11-17(21)15(16)8-4-5-9-22-18(23)24-12-13-6-2-1-3-7-13/h1-3,6-7,10-11H,5,9,12H2,(H,22,23). The maximum Gasteiger partial charge on any atom is 0.407 e. The van der Waals surface area contributed by atoms with Crippen molar-refractivity contribution >= 4 is 22.0 Å². The van der Waals surface area contributed by atoms with Gasteiger partial charge < -0.3 is 10.1 Å². The Bertz CT molecular complexity index is 747. The van der Waals surface area contributed by atoms with Crippen molar-refractivity contribution in [2.24, 2.45) is 0 Å². The third kappa shape index (κ3) is 5.67. The average molecular weight is 394 g/mol. The summed E-state index contributed by atoms with van der Waals surface area (Å²) in [6, 6.07) is 11.2. The molecule has 3 nitrogen and oxygen atoms in total. The lowest BCUT2D eigenvalue weighted by Crippen LogP contribution is -2.24. The van der Waals surface area contributed by atoms with E-state index >= 15 is 0 Å². The Hall–Kier alpha value is -2.39. The largest absolute Gasteiger partial charge is 0.445 e. The highest BCUT2D eigenvalue weighted by Crippen LogP contribution is 2.20. The van der Waals surface area contributed by atoms with Crippen molar-refractivity contribution in [3.63, 3.8) is 0 Å². The number of nitrogens with one attached hydrogen (secondary N) is 1. The minimum atomic E-state index is -0.732. The lowest BCUT2D eigenvalue weighted by Gasteiger charge is -2.05. The smallest absolute Gasteiger partial charge is 0.407 e. The van der Waals surface area contributed by atoms with Crippen LogP contribution in [0, 0.1) is 23.5 Å². The summed E-state index contributed by atoms with van der Waals surface area (Å²) in [6.45, 7) is 0.452. The predicted molar refractivity (Wildman–Crippen MR) is 90.2 cm³/mol. The lowest BCUT2D eigenvalue weighted by atomic mass is 10.2. The molecule has 0 atom stereocenters. The number of amides is 1. The van der Waals surface area contributed by atoms with Crippen molar-refractivity contribution in [3.05, 3.63) is 69.7 Å². The number of hydrogen-bond acceptors (Lipinski definition) is 2. The summed E-state index contributed by atoms with van der Waals surface area (Å²) in [5.74, 6) is 3.92. The number of carbonyl (C=O) groups is 1. The van der Waals surface area contributed by atoms with Crippen LogP contribution in [0.1, 0.15) is 17.5 Å². The van der Waals surface area contributed by atoms with E-state index in [0.717, 1.165) is 17.7 Å². The molecule has 1 N–H and O–H groups in total. The van der Waals surface area contributed by atoms with Crippen LogP contribution in [0.2, 0.25) is 0 Å². The molecule has 0 aliphatic rings. The zero-order valence-corrected chi connectivity index (χ0v) is 14.2. The van der Waals surface area contributed by atoms with Crippen LogP contribution < -0.4 is 5.32 Å². The van der Waals surface area contributed by atoms with E-state index in [1.165, 1.54) is 0 Å². The maximum atomic E-state index is 13.5. The van der Waals surface area contributed by atoms with Crippen molar-refractivity contribution in [2.45, 2.75) is 13.0 Å². The molecule has 0 aromatic heterocycles. The Morgan fingerprint density at radius 1 is 1.21 bits per heavy atom. The van der Waals surface area contributed by atoms with Crippen LogP contribution in [-0.2, 0) is 11.3 Å². The molecular weight excluding hydrogens is 380 g/mol. The number of halogens is 3. The summed E-state index contributed by atoms with van der Waals surface area (Å²) in [5, 5.41) is 2.55. The van der Waals surface area contributed by atoms with Crippen molar-refractivity contribution in [1.29, 1.82) is 0 Å². The second-order valence-corrected chi connectivity index (χ2v) is 5.64. The van der Waals surface area contributed by atoms with E-state index in [1.807, 2.05) is 30.3 Å². The highest BCUT2D eigenvalue weighted by molar-refractivity contribution is 9.10. The monoisotopic (exact) mass is 393 g/mol. The van der Waals surface area contributed by atoms with Crippen molar-refractivity contribution in [3.8, 4) is 11.8 Å². The quantitative estimate of drug-likeness (QED) is 0.617. The third-order valence-electron chi connectivity index (χ3n) is 2.95. The van der Waals surface area contributed by atoms with Crippen LogP contribution in [0.3, 0.4) is 0 Å². The number of alkyl carbamates (subject to hydrolysis) is 1. The zero-order valence-electron chi connectivity index (χ0n) is 12.6. The molecule has 0 fully saturated rings. The van der Waals surface area contributed by atoms with Crippen LogP contribution in [-0.4, -0.2) is 12.6 Å². The van der Waals surface area contributed by atoms with Gasteiger partial charge in [0, 0.05) is 23.5 Å². The van der Waals surface area contributed by atoms with E-state index in [4.69, 9.17) is 4.74 Å². The van der Waals surface area contributed by atoms with Crippen LogP contribution in [0.25, 0.3) is 0 Å². The molecule has 6 heteroatoms. The number of rotatable bonds is 4. The number of ether oxygens (including phenoxy) is 1. The van der Waals surface area contributed by atoms with E-state index in [-0.39, 0.29) is 23.2 Å². The van der Waals surface area contributed by atoms with Crippen molar-refractivity contribution < 1.29 is 18.3 Å². The van der Waals surface area contributed by atoms with E-state index in [1.54, 1.807) is 0 Å². The van der Waals surface area contributed by atoms with Gasteiger partial charge in [0.2, 0.25) is 0 Å². The summed E-state index contributed by atoms with van der Waals surface area (Å²) in [4.78, 5) is 11.5. The molecule has 0 bridgehead atoms.